The van der Waals surface area contributed by atoms with Crippen LogP contribution in [0.15, 0.2) is 36.7 Å². The number of hydrogen-bond acceptors (Lipinski definition) is 5. The van der Waals surface area contributed by atoms with Gasteiger partial charge in [0.1, 0.15) is 5.82 Å². The van der Waals surface area contributed by atoms with Gasteiger partial charge >= 0.3 is 6.18 Å². The normalized spacial score (nSPS) is 20.3. The predicted octanol–water partition coefficient (Wildman–Crippen LogP) is 1.32. The molecule has 0 aliphatic heterocycles. The number of halogens is 3. The Labute approximate surface area is 174 Å². The number of aromatic amines is 1. The molecule has 168 valence electrons. The van der Waals surface area contributed by atoms with Crippen LogP contribution < -0.4 is 10.6 Å². The smallest absolute Gasteiger partial charge is 0.417 e. The molecular formula is C19H21F3N4O5. The first-order chi connectivity index (χ1) is 14.7. The number of nitrogens with one attached hydrogen (secondary N) is 3. The highest BCUT2D eigenvalue weighted by atomic mass is 19.4. The van der Waals surface area contributed by atoms with E-state index in [4.69, 9.17) is 9.90 Å². The maximum Gasteiger partial charge on any atom is 0.417 e. The standard InChI is InChI=1S/C18H19F3N4O3.CH2O2/c19-18(20,21)12-4-2-1-3-11(12)17(28)25-13-7-10(8-14(13)26)16(27)24-9-15-22-5-6-23-15;2-1-3/h1-6,10,13-14,26H,7-9H2,(H,22,23)(H,24,27)(H,25,28);1H,(H,2,3)/t10-,13-,14-;/m0./s1. The second kappa shape index (κ2) is 10.6. The van der Waals surface area contributed by atoms with Gasteiger partial charge in [-0.25, -0.2) is 4.98 Å². The number of benzene rings is 1. The molecular weight excluding hydrogens is 421 g/mol. The number of carbonyl (C=O) groups excluding carboxylic acids is 2. The Morgan fingerprint density at radius 2 is 1.94 bits per heavy atom. The van der Waals surface area contributed by atoms with E-state index in [-0.39, 0.29) is 31.8 Å². The lowest BCUT2D eigenvalue weighted by atomic mass is 10.0. The molecule has 31 heavy (non-hydrogen) atoms. The summed E-state index contributed by atoms with van der Waals surface area (Å²) in [6.07, 6.45) is -2.30. The molecule has 2 amide bonds. The first kappa shape index (κ1) is 23.9. The molecule has 1 saturated carbocycles. The lowest BCUT2D eigenvalue weighted by molar-refractivity contribution is -0.138. The van der Waals surface area contributed by atoms with Crippen LogP contribution in [0, 0.1) is 5.92 Å². The van der Waals surface area contributed by atoms with E-state index >= 15 is 0 Å². The van der Waals surface area contributed by atoms with Crippen molar-refractivity contribution < 1.29 is 37.8 Å². The van der Waals surface area contributed by atoms with E-state index in [0.717, 1.165) is 12.1 Å². The first-order valence-corrected chi connectivity index (χ1v) is 9.16. The lowest BCUT2D eigenvalue weighted by Gasteiger charge is -2.18. The van der Waals surface area contributed by atoms with Gasteiger partial charge in [-0.05, 0) is 25.0 Å². The van der Waals surface area contributed by atoms with Gasteiger partial charge in [0, 0.05) is 18.3 Å². The van der Waals surface area contributed by atoms with Gasteiger partial charge in [0.05, 0.1) is 29.8 Å². The number of carboxylic acid groups (broad SMARTS) is 1. The highest BCUT2D eigenvalue weighted by Gasteiger charge is 2.39. The number of H-pyrrole nitrogens is 1. The van der Waals surface area contributed by atoms with Crippen LogP contribution in [0.2, 0.25) is 0 Å². The zero-order valence-corrected chi connectivity index (χ0v) is 16.1. The van der Waals surface area contributed by atoms with Gasteiger partial charge in [-0.1, -0.05) is 12.1 Å². The fourth-order valence-corrected chi connectivity index (χ4v) is 3.27. The number of aromatic nitrogens is 2. The van der Waals surface area contributed by atoms with Crippen molar-refractivity contribution in [2.24, 2.45) is 5.92 Å². The molecule has 0 unspecified atom stereocenters. The molecule has 12 heteroatoms. The Balaban J connectivity index is 0.00000107. The number of hydrogen-bond donors (Lipinski definition) is 5. The molecule has 0 bridgehead atoms. The van der Waals surface area contributed by atoms with Crippen molar-refractivity contribution in [3.05, 3.63) is 53.6 Å². The van der Waals surface area contributed by atoms with E-state index in [9.17, 15) is 27.9 Å². The average Bonchev–Trinajstić information content (AvgIpc) is 3.36. The lowest BCUT2D eigenvalue weighted by Crippen LogP contribution is -2.40. The van der Waals surface area contributed by atoms with E-state index in [2.05, 4.69) is 20.6 Å². The van der Waals surface area contributed by atoms with Gasteiger partial charge in [-0.2, -0.15) is 13.2 Å². The summed E-state index contributed by atoms with van der Waals surface area (Å²) in [5, 5.41) is 22.1. The number of alkyl halides is 3. The van der Waals surface area contributed by atoms with Gasteiger partial charge in [-0.3, -0.25) is 14.4 Å². The molecule has 1 fully saturated rings. The van der Waals surface area contributed by atoms with E-state index in [1.165, 1.54) is 12.1 Å². The third-order valence-corrected chi connectivity index (χ3v) is 4.68. The third-order valence-electron chi connectivity index (χ3n) is 4.68. The van der Waals surface area contributed by atoms with E-state index in [1.54, 1.807) is 12.4 Å². The fourth-order valence-electron chi connectivity index (χ4n) is 3.27. The van der Waals surface area contributed by atoms with Crippen molar-refractivity contribution in [2.45, 2.75) is 37.7 Å². The van der Waals surface area contributed by atoms with Crippen LogP contribution >= 0.6 is 0 Å². The van der Waals surface area contributed by atoms with Crippen molar-refractivity contribution in [1.29, 1.82) is 0 Å². The summed E-state index contributed by atoms with van der Waals surface area (Å²) >= 11 is 0. The fraction of sp³-hybridized carbons (Fsp3) is 0.368. The number of amides is 2. The van der Waals surface area contributed by atoms with Crippen LogP contribution in [-0.2, 0) is 22.3 Å². The average molecular weight is 442 g/mol. The van der Waals surface area contributed by atoms with Crippen molar-refractivity contribution >= 4 is 18.3 Å². The number of rotatable bonds is 5. The largest absolute Gasteiger partial charge is 0.483 e. The minimum Gasteiger partial charge on any atom is -0.483 e. The molecule has 5 N–H and O–H groups in total. The first-order valence-electron chi connectivity index (χ1n) is 9.16. The van der Waals surface area contributed by atoms with Crippen LogP contribution in [0.4, 0.5) is 13.2 Å². The second-order valence-electron chi connectivity index (χ2n) is 6.72. The number of imidazole rings is 1. The number of aliphatic hydroxyl groups excluding tert-OH is 1. The Hall–Kier alpha value is -3.41. The molecule has 3 rings (SSSR count). The topological polar surface area (TPSA) is 144 Å². The Kier molecular flexibility index (Phi) is 8.14. The molecule has 9 nitrogen and oxygen atoms in total. The second-order valence-corrected chi connectivity index (χ2v) is 6.72. The molecule has 2 aromatic rings. The molecule has 0 saturated heterocycles. The highest BCUT2D eigenvalue weighted by Crippen LogP contribution is 2.32. The molecule has 1 aliphatic carbocycles. The monoisotopic (exact) mass is 442 g/mol. The number of nitrogens with zero attached hydrogens (tertiary/aromatic N) is 1. The van der Waals surface area contributed by atoms with E-state index in [1.807, 2.05) is 0 Å². The number of aliphatic hydroxyl groups is 1. The summed E-state index contributed by atoms with van der Waals surface area (Å²) in [5.74, 6) is -1.25. The van der Waals surface area contributed by atoms with Crippen molar-refractivity contribution in [2.75, 3.05) is 0 Å². The molecule has 0 spiro atoms. The highest BCUT2D eigenvalue weighted by molar-refractivity contribution is 5.96. The van der Waals surface area contributed by atoms with Crippen LogP contribution in [0.3, 0.4) is 0 Å². The van der Waals surface area contributed by atoms with E-state index < -0.39 is 41.3 Å². The molecule has 3 atom stereocenters. The minimum atomic E-state index is -4.67. The Bertz CT molecular complexity index is 889. The summed E-state index contributed by atoms with van der Waals surface area (Å²) < 4.78 is 39.2. The predicted molar refractivity (Wildman–Crippen MR) is 101 cm³/mol. The Morgan fingerprint density at radius 3 is 2.55 bits per heavy atom. The maximum atomic E-state index is 13.1. The van der Waals surface area contributed by atoms with Gasteiger partial charge in [0.25, 0.3) is 12.4 Å². The zero-order chi connectivity index (χ0) is 23.0. The third kappa shape index (κ3) is 6.54. The molecule has 1 aliphatic rings. The quantitative estimate of drug-likeness (QED) is 0.442. The summed E-state index contributed by atoms with van der Waals surface area (Å²) in [5.41, 5.74) is -1.57. The van der Waals surface area contributed by atoms with Crippen molar-refractivity contribution in [3.63, 3.8) is 0 Å². The van der Waals surface area contributed by atoms with Crippen LogP contribution in [0.5, 0.6) is 0 Å². The molecule has 1 aromatic heterocycles. The van der Waals surface area contributed by atoms with E-state index in [0.29, 0.717) is 5.82 Å². The van der Waals surface area contributed by atoms with Gasteiger partial charge in [-0.15, -0.1) is 0 Å². The summed E-state index contributed by atoms with van der Waals surface area (Å²) in [6, 6.07) is 3.62. The summed E-state index contributed by atoms with van der Waals surface area (Å²) in [7, 11) is 0. The zero-order valence-electron chi connectivity index (χ0n) is 16.1. The molecule has 1 aromatic carbocycles. The van der Waals surface area contributed by atoms with Crippen molar-refractivity contribution in [1.82, 2.24) is 20.6 Å². The minimum absolute atomic E-state index is 0.107. The van der Waals surface area contributed by atoms with Crippen LogP contribution in [0.25, 0.3) is 0 Å². The van der Waals surface area contributed by atoms with Crippen LogP contribution in [0.1, 0.15) is 34.6 Å². The summed E-state index contributed by atoms with van der Waals surface area (Å²) in [4.78, 5) is 39.8. The Morgan fingerprint density at radius 1 is 1.26 bits per heavy atom. The van der Waals surface area contributed by atoms with Gasteiger partial charge < -0.3 is 25.8 Å². The van der Waals surface area contributed by atoms with Gasteiger partial charge in [0.2, 0.25) is 5.91 Å². The molecule has 0 radical (unpaired) electrons. The number of carbonyl (C=O) groups is 3. The van der Waals surface area contributed by atoms with Crippen molar-refractivity contribution in [3.8, 4) is 0 Å². The maximum absolute atomic E-state index is 13.1. The molecule has 1 heterocycles. The summed E-state index contributed by atoms with van der Waals surface area (Å²) in [6.45, 7) is -0.0611. The van der Waals surface area contributed by atoms with Crippen LogP contribution in [-0.4, -0.2) is 50.6 Å². The van der Waals surface area contributed by atoms with Gasteiger partial charge in [0.15, 0.2) is 0 Å². The SMILES string of the molecule is O=C(N[C@H]1C[C@H](C(=O)NCc2ncc[nH]2)C[C@@H]1O)c1ccccc1C(F)(F)F.O=CO.